The molecule has 0 heteroatoms. The third-order valence-corrected chi connectivity index (χ3v) is 2.67. The number of allylic oxidation sites excluding steroid dienone is 8. The SMILES string of the molecule is C1=CCC/C=C/CC/C=C/CC/C=C\CC1. The van der Waals surface area contributed by atoms with Gasteiger partial charge >= 0.3 is 0 Å². The third kappa shape index (κ3) is 8.28. The fraction of sp³-hybridized carbons (Fsp3) is 0.500. The van der Waals surface area contributed by atoms with Crippen LogP contribution in [-0.2, 0) is 0 Å². The van der Waals surface area contributed by atoms with E-state index in [1.54, 1.807) is 0 Å². The van der Waals surface area contributed by atoms with Crippen molar-refractivity contribution in [3.05, 3.63) is 48.6 Å². The molecule has 0 N–H and O–H groups in total. The summed E-state index contributed by atoms with van der Waals surface area (Å²) >= 11 is 0. The Hall–Kier alpha value is -1.04. The molecule has 0 aromatic heterocycles. The summed E-state index contributed by atoms with van der Waals surface area (Å²) in [5.74, 6) is 0. The molecule has 0 bridgehead atoms. The van der Waals surface area contributed by atoms with E-state index in [-0.39, 0.29) is 0 Å². The minimum absolute atomic E-state index is 1.19. The van der Waals surface area contributed by atoms with Gasteiger partial charge in [0.15, 0.2) is 0 Å². The molecule has 0 unspecified atom stereocenters. The van der Waals surface area contributed by atoms with Gasteiger partial charge in [-0.2, -0.15) is 0 Å². The summed E-state index contributed by atoms with van der Waals surface area (Å²) in [6, 6.07) is 0. The molecule has 0 aromatic rings. The van der Waals surface area contributed by atoms with Crippen LogP contribution < -0.4 is 0 Å². The van der Waals surface area contributed by atoms with Crippen LogP contribution in [0.2, 0.25) is 0 Å². The van der Waals surface area contributed by atoms with E-state index in [0.29, 0.717) is 0 Å². The van der Waals surface area contributed by atoms with E-state index >= 15 is 0 Å². The quantitative estimate of drug-likeness (QED) is 0.479. The van der Waals surface area contributed by atoms with Crippen LogP contribution in [0.1, 0.15) is 51.4 Å². The highest BCUT2D eigenvalue weighted by Gasteiger charge is 1.82. The topological polar surface area (TPSA) is 0 Å². The molecule has 0 aromatic carbocycles. The lowest BCUT2D eigenvalue weighted by Crippen LogP contribution is -1.71. The summed E-state index contributed by atoms with van der Waals surface area (Å²) in [5.41, 5.74) is 0. The first-order chi connectivity index (χ1) is 8.00. The smallest absolute Gasteiger partial charge is 0.0316 e. The van der Waals surface area contributed by atoms with Gasteiger partial charge in [-0.15, -0.1) is 0 Å². The molecular formula is C16H24. The molecule has 0 atom stereocenters. The molecule has 0 radical (unpaired) electrons. The first kappa shape index (κ1) is 13.0. The lowest BCUT2D eigenvalue weighted by Gasteiger charge is -1.92. The van der Waals surface area contributed by atoms with Crippen LogP contribution in [0.25, 0.3) is 0 Å². The van der Waals surface area contributed by atoms with Gasteiger partial charge in [0.25, 0.3) is 0 Å². The van der Waals surface area contributed by atoms with Crippen LogP contribution in [0.3, 0.4) is 0 Å². The van der Waals surface area contributed by atoms with E-state index in [9.17, 15) is 0 Å². The summed E-state index contributed by atoms with van der Waals surface area (Å²) < 4.78 is 0. The Labute approximate surface area is 100 Å². The molecule has 16 heavy (non-hydrogen) atoms. The molecule has 1 aliphatic rings. The summed E-state index contributed by atoms with van der Waals surface area (Å²) in [5, 5.41) is 0. The fourth-order valence-electron chi connectivity index (χ4n) is 1.71. The predicted octanol–water partition coefficient (Wildman–Crippen LogP) is 5.35. The molecule has 0 aliphatic heterocycles. The normalized spacial score (nSPS) is 26.0. The van der Waals surface area contributed by atoms with Crippen molar-refractivity contribution < 1.29 is 0 Å². The van der Waals surface area contributed by atoms with Crippen molar-refractivity contribution in [3.8, 4) is 0 Å². The van der Waals surface area contributed by atoms with Gasteiger partial charge < -0.3 is 0 Å². The van der Waals surface area contributed by atoms with Gasteiger partial charge in [-0.1, -0.05) is 48.6 Å². The number of hydrogen-bond donors (Lipinski definition) is 0. The Bertz CT molecular complexity index is 173. The highest BCUT2D eigenvalue weighted by molar-refractivity contribution is 4.94. The minimum atomic E-state index is 1.19. The molecule has 0 spiro atoms. The maximum atomic E-state index is 2.31. The zero-order valence-electron chi connectivity index (χ0n) is 10.3. The van der Waals surface area contributed by atoms with Crippen LogP contribution >= 0.6 is 0 Å². The molecule has 1 aliphatic carbocycles. The van der Waals surface area contributed by atoms with Crippen molar-refractivity contribution >= 4 is 0 Å². The molecule has 0 heterocycles. The van der Waals surface area contributed by atoms with Gasteiger partial charge in [-0.05, 0) is 51.4 Å². The van der Waals surface area contributed by atoms with Crippen molar-refractivity contribution in [3.63, 3.8) is 0 Å². The zero-order valence-corrected chi connectivity index (χ0v) is 10.3. The van der Waals surface area contributed by atoms with E-state index in [0.717, 1.165) is 0 Å². The van der Waals surface area contributed by atoms with Gasteiger partial charge in [0.2, 0.25) is 0 Å². The Morgan fingerprint density at radius 3 is 0.500 bits per heavy atom. The summed E-state index contributed by atoms with van der Waals surface area (Å²) in [7, 11) is 0. The highest BCUT2D eigenvalue weighted by Crippen LogP contribution is 2.03. The number of hydrogen-bond acceptors (Lipinski definition) is 0. The second-order valence-electron chi connectivity index (χ2n) is 4.20. The van der Waals surface area contributed by atoms with E-state index in [4.69, 9.17) is 0 Å². The van der Waals surface area contributed by atoms with Crippen molar-refractivity contribution in [1.29, 1.82) is 0 Å². The van der Waals surface area contributed by atoms with Crippen molar-refractivity contribution in [2.24, 2.45) is 0 Å². The first-order valence-electron chi connectivity index (χ1n) is 6.60. The predicted molar refractivity (Wildman–Crippen MR) is 73.5 cm³/mol. The molecule has 0 nitrogen and oxygen atoms in total. The van der Waals surface area contributed by atoms with Crippen molar-refractivity contribution in [1.82, 2.24) is 0 Å². The molecule has 0 saturated heterocycles. The molecule has 0 fully saturated rings. The lowest BCUT2D eigenvalue weighted by molar-refractivity contribution is 0.962. The van der Waals surface area contributed by atoms with Crippen LogP contribution in [0.15, 0.2) is 48.6 Å². The molecule has 1 rings (SSSR count). The van der Waals surface area contributed by atoms with Gasteiger partial charge in [0.05, 0.1) is 0 Å². The summed E-state index contributed by atoms with van der Waals surface area (Å²) in [4.78, 5) is 0. The number of rotatable bonds is 0. The van der Waals surface area contributed by atoms with Crippen molar-refractivity contribution in [2.75, 3.05) is 0 Å². The largest absolute Gasteiger partial charge is 0.0882 e. The Kier molecular flexibility index (Phi) is 8.53. The highest BCUT2D eigenvalue weighted by atomic mass is 13.9. The summed E-state index contributed by atoms with van der Waals surface area (Å²) in [6.07, 6.45) is 28.0. The monoisotopic (exact) mass is 216 g/mol. The minimum Gasteiger partial charge on any atom is -0.0882 e. The Morgan fingerprint density at radius 2 is 0.375 bits per heavy atom. The van der Waals surface area contributed by atoms with Gasteiger partial charge in [-0.3, -0.25) is 0 Å². The zero-order chi connectivity index (χ0) is 11.3. The van der Waals surface area contributed by atoms with Gasteiger partial charge in [0, 0.05) is 0 Å². The Balaban J connectivity index is 2.29. The van der Waals surface area contributed by atoms with Crippen LogP contribution in [0.5, 0.6) is 0 Å². The maximum Gasteiger partial charge on any atom is -0.0316 e. The standard InChI is InChI=1S/C16H24/c1-2-4-6-8-10-12-14-16-15-13-11-9-7-5-3-1/h1-2,7-10,15-16H,3-6,11-14H2/b2-1-,9-7+,10-8?,16-15+. The average molecular weight is 216 g/mol. The maximum absolute atomic E-state index is 2.31. The van der Waals surface area contributed by atoms with Crippen LogP contribution in [0, 0.1) is 0 Å². The second-order valence-corrected chi connectivity index (χ2v) is 4.20. The van der Waals surface area contributed by atoms with Crippen molar-refractivity contribution in [2.45, 2.75) is 51.4 Å². The lowest BCUT2D eigenvalue weighted by atomic mass is 10.1. The first-order valence-corrected chi connectivity index (χ1v) is 6.60. The van der Waals surface area contributed by atoms with Crippen LogP contribution in [-0.4, -0.2) is 0 Å². The second kappa shape index (κ2) is 10.5. The summed E-state index contributed by atoms with van der Waals surface area (Å²) in [6.45, 7) is 0. The molecule has 88 valence electrons. The molecule has 0 saturated carbocycles. The van der Waals surface area contributed by atoms with E-state index in [2.05, 4.69) is 48.6 Å². The Morgan fingerprint density at radius 1 is 0.250 bits per heavy atom. The van der Waals surface area contributed by atoms with Crippen LogP contribution in [0.4, 0.5) is 0 Å². The fourth-order valence-corrected chi connectivity index (χ4v) is 1.71. The van der Waals surface area contributed by atoms with E-state index in [1.807, 2.05) is 0 Å². The third-order valence-electron chi connectivity index (χ3n) is 2.67. The van der Waals surface area contributed by atoms with Gasteiger partial charge in [-0.25, -0.2) is 0 Å². The average Bonchev–Trinajstić information content (AvgIpc) is 2.29. The molecule has 0 amide bonds. The van der Waals surface area contributed by atoms with Gasteiger partial charge in [0.1, 0.15) is 0 Å². The van der Waals surface area contributed by atoms with E-state index in [1.165, 1.54) is 51.4 Å². The molecular weight excluding hydrogens is 192 g/mol. The van der Waals surface area contributed by atoms with E-state index < -0.39 is 0 Å².